The van der Waals surface area contributed by atoms with Crippen LogP contribution in [-0.4, -0.2) is 54.2 Å². The Bertz CT molecular complexity index is 1270. The molecular weight excluding hydrogens is 532 g/mol. The second kappa shape index (κ2) is 12.7. The molecular formula is C25H25ClF4N4O4. The molecule has 0 aliphatic heterocycles. The van der Waals surface area contributed by atoms with Crippen molar-refractivity contribution in [3.63, 3.8) is 0 Å². The first-order valence-electron chi connectivity index (χ1n) is 11.4. The number of amides is 2. The molecule has 0 spiro atoms. The average molecular weight is 557 g/mol. The van der Waals surface area contributed by atoms with Crippen LogP contribution >= 0.6 is 11.6 Å². The van der Waals surface area contributed by atoms with Gasteiger partial charge in [-0.2, -0.15) is 0 Å². The molecule has 3 aromatic rings. The fourth-order valence-corrected chi connectivity index (χ4v) is 3.74. The van der Waals surface area contributed by atoms with Gasteiger partial charge in [-0.15, -0.1) is 0 Å². The maximum Gasteiger partial charge on any atom is 0.412 e. The van der Waals surface area contributed by atoms with Crippen molar-refractivity contribution in [3.8, 4) is 11.3 Å². The Kier molecular flexibility index (Phi) is 9.70. The van der Waals surface area contributed by atoms with Crippen LogP contribution in [-0.2, 0) is 16.0 Å². The highest BCUT2D eigenvalue weighted by Gasteiger charge is 2.35. The minimum Gasteiger partial charge on any atom is -0.447 e. The Morgan fingerprint density at radius 1 is 1.21 bits per heavy atom. The van der Waals surface area contributed by atoms with Crippen LogP contribution in [0.3, 0.4) is 0 Å². The number of nitrogens with zero attached hydrogens (tertiary/aromatic N) is 2. The zero-order valence-electron chi connectivity index (χ0n) is 20.2. The number of nitrogens with two attached hydrogens (primary N) is 1. The summed E-state index contributed by atoms with van der Waals surface area (Å²) in [5.41, 5.74) is 5.91. The van der Waals surface area contributed by atoms with Crippen LogP contribution in [0.2, 0.25) is 5.02 Å². The molecule has 1 heterocycles. The van der Waals surface area contributed by atoms with Gasteiger partial charge in [0.15, 0.2) is 11.6 Å². The third-order valence-electron chi connectivity index (χ3n) is 5.67. The van der Waals surface area contributed by atoms with Crippen molar-refractivity contribution >= 4 is 29.4 Å². The quantitative estimate of drug-likeness (QED) is 0.312. The highest BCUT2D eigenvalue weighted by atomic mass is 35.5. The first-order chi connectivity index (χ1) is 18.0. The van der Waals surface area contributed by atoms with Crippen LogP contribution in [0.15, 0.2) is 53.1 Å². The number of hydrogen-bond donors (Lipinski definition) is 2. The van der Waals surface area contributed by atoms with Crippen molar-refractivity contribution in [3.05, 3.63) is 70.8 Å². The Labute approximate surface area is 220 Å². The molecule has 0 radical (unpaired) electrons. The molecule has 0 fully saturated rings. The number of rotatable bonds is 11. The number of likely N-dealkylation sites (N-methyl/N-ethyl adjacent to an activating group) is 1. The van der Waals surface area contributed by atoms with Gasteiger partial charge in [-0.25, -0.2) is 22.4 Å². The van der Waals surface area contributed by atoms with E-state index in [1.54, 1.807) is 12.1 Å². The van der Waals surface area contributed by atoms with Crippen LogP contribution in [0, 0.1) is 11.6 Å². The standard InChI is InChI=1S/C25H25ClF4N4O4/c1-34(22(35)9-8-15-4-3-7-19(28)23(15)26)18(12-25(29,30)14-31)13-37-24(36)32-21-11-20(38-33-21)16-5-2-6-17(27)10-16/h2-7,10-11,18H,8-9,12-14,31H2,1H3,(H,32,33,36)/t18-/m0/s1. The zero-order chi connectivity index (χ0) is 27.9. The summed E-state index contributed by atoms with van der Waals surface area (Å²) in [7, 11) is 1.29. The summed E-state index contributed by atoms with van der Waals surface area (Å²) in [5.74, 6) is -4.91. The van der Waals surface area contributed by atoms with Crippen molar-refractivity contribution in [2.75, 3.05) is 25.5 Å². The second-order valence-electron chi connectivity index (χ2n) is 8.45. The Morgan fingerprint density at radius 2 is 1.95 bits per heavy atom. The van der Waals surface area contributed by atoms with Crippen LogP contribution in [0.4, 0.5) is 28.2 Å². The number of anilines is 1. The summed E-state index contributed by atoms with van der Waals surface area (Å²) in [4.78, 5) is 26.0. The van der Waals surface area contributed by atoms with Crippen molar-refractivity contribution in [1.82, 2.24) is 10.1 Å². The highest BCUT2D eigenvalue weighted by molar-refractivity contribution is 6.31. The third kappa shape index (κ3) is 7.93. The molecule has 204 valence electrons. The van der Waals surface area contributed by atoms with Gasteiger partial charge in [-0.3, -0.25) is 10.1 Å². The molecule has 1 aromatic heterocycles. The maximum absolute atomic E-state index is 14.1. The summed E-state index contributed by atoms with van der Waals surface area (Å²) in [6, 6.07) is 9.76. The summed E-state index contributed by atoms with van der Waals surface area (Å²) >= 11 is 5.91. The first-order valence-corrected chi connectivity index (χ1v) is 11.8. The topological polar surface area (TPSA) is 111 Å². The van der Waals surface area contributed by atoms with E-state index in [1.807, 2.05) is 0 Å². The maximum atomic E-state index is 14.1. The van der Waals surface area contributed by atoms with Crippen molar-refractivity contribution in [2.24, 2.45) is 5.73 Å². The number of hydrogen-bond acceptors (Lipinski definition) is 6. The van der Waals surface area contributed by atoms with Gasteiger partial charge in [0.1, 0.15) is 18.2 Å². The summed E-state index contributed by atoms with van der Waals surface area (Å²) in [5, 5.41) is 5.80. The largest absolute Gasteiger partial charge is 0.447 e. The van der Waals surface area contributed by atoms with Crippen LogP contribution in [0.25, 0.3) is 11.3 Å². The number of aromatic nitrogens is 1. The number of ether oxygens (including phenoxy) is 1. The van der Waals surface area contributed by atoms with Gasteiger partial charge >= 0.3 is 6.09 Å². The predicted octanol–water partition coefficient (Wildman–Crippen LogP) is 5.27. The number of carbonyl (C=O) groups excluding carboxylic acids is 2. The highest BCUT2D eigenvalue weighted by Crippen LogP contribution is 2.25. The van der Waals surface area contributed by atoms with Gasteiger partial charge in [0.05, 0.1) is 17.6 Å². The fourth-order valence-electron chi connectivity index (χ4n) is 3.52. The van der Waals surface area contributed by atoms with E-state index in [1.165, 1.54) is 43.4 Å². The molecule has 0 saturated heterocycles. The lowest BCUT2D eigenvalue weighted by Crippen LogP contribution is -2.46. The lowest BCUT2D eigenvalue weighted by Gasteiger charge is -2.30. The number of alkyl halides is 2. The summed E-state index contributed by atoms with van der Waals surface area (Å²) < 4.78 is 65.4. The Balaban J connectivity index is 1.61. The van der Waals surface area contributed by atoms with E-state index in [9.17, 15) is 27.2 Å². The molecule has 2 amide bonds. The molecule has 13 heteroatoms. The van der Waals surface area contributed by atoms with E-state index in [0.29, 0.717) is 11.1 Å². The zero-order valence-corrected chi connectivity index (χ0v) is 21.0. The molecule has 0 bridgehead atoms. The van der Waals surface area contributed by atoms with Crippen LogP contribution < -0.4 is 11.1 Å². The van der Waals surface area contributed by atoms with Gasteiger partial charge in [0, 0.05) is 31.5 Å². The summed E-state index contributed by atoms with van der Waals surface area (Å²) in [6.07, 6.45) is -2.00. The smallest absolute Gasteiger partial charge is 0.412 e. The van der Waals surface area contributed by atoms with Crippen molar-refractivity contribution < 1.29 is 36.4 Å². The molecule has 3 N–H and O–H groups in total. The van der Waals surface area contributed by atoms with Crippen LogP contribution in [0.1, 0.15) is 18.4 Å². The molecule has 0 saturated carbocycles. The van der Waals surface area contributed by atoms with E-state index in [0.717, 1.165) is 4.90 Å². The van der Waals surface area contributed by atoms with E-state index in [-0.39, 0.29) is 29.4 Å². The SMILES string of the molecule is CN(C(=O)CCc1cccc(F)c1Cl)[C@H](COC(=O)Nc1cc(-c2cccc(F)c2)on1)CC(F)(F)CN. The molecule has 1 atom stereocenters. The van der Waals surface area contributed by atoms with E-state index in [2.05, 4.69) is 10.5 Å². The molecule has 0 aliphatic rings. The normalized spacial score (nSPS) is 12.2. The van der Waals surface area contributed by atoms with Crippen molar-refractivity contribution in [2.45, 2.75) is 31.2 Å². The Morgan fingerprint density at radius 3 is 2.66 bits per heavy atom. The van der Waals surface area contributed by atoms with Gasteiger partial charge in [-0.1, -0.05) is 41.0 Å². The number of nitrogens with one attached hydrogen (secondary N) is 1. The molecule has 0 aliphatic carbocycles. The number of aryl methyl sites for hydroxylation is 1. The average Bonchev–Trinajstić information content (AvgIpc) is 3.35. The first kappa shape index (κ1) is 28.9. The van der Waals surface area contributed by atoms with Gasteiger partial charge in [0.25, 0.3) is 5.92 Å². The van der Waals surface area contributed by atoms with Gasteiger partial charge in [-0.05, 0) is 30.2 Å². The minimum absolute atomic E-state index is 0.0606. The lowest BCUT2D eigenvalue weighted by atomic mass is 10.1. The number of carbonyl (C=O) groups is 2. The van der Waals surface area contributed by atoms with E-state index >= 15 is 0 Å². The van der Waals surface area contributed by atoms with E-state index < -0.39 is 55.2 Å². The number of halogens is 5. The Hall–Kier alpha value is -3.64. The lowest BCUT2D eigenvalue weighted by molar-refractivity contribution is -0.134. The number of benzene rings is 2. The predicted molar refractivity (Wildman–Crippen MR) is 132 cm³/mol. The molecule has 38 heavy (non-hydrogen) atoms. The summed E-state index contributed by atoms with van der Waals surface area (Å²) in [6.45, 7) is -1.56. The molecule has 2 aromatic carbocycles. The van der Waals surface area contributed by atoms with Gasteiger partial charge < -0.3 is 19.9 Å². The third-order valence-corrected chi connectivity index (χ3v) is 6.09. The molecule has 8 nitrogen and oxygen atoms in total. The molecule has 3 rings (SSSR count). The van der Waals surface area contributed by atoms with E-state index in [4.69, 9.17) is 26.6 Å². The monoisotopic (exact) mass is 556 g/mol. The fraction of sp³-hybridized carbons (Fsp3) is 0.320. The van der Waals surface area contributed by atoms with Crippen LogP contribution in [0.5, 0.6) is 0 Å². The second-order valence-corrected chi connectivity index (χ2v) is 8.82. The minimum atomic E-state index is -3.34. The molecule has 0 unspecified atom stereocenters. The van der Waals surface area contributed by atoms with Gasteiger partial charge in [0.2, 0.25) is 5.91 Å². The van der Waals surface area contributed by atoms with Crippen molar-refractivity contribution in [1.29, 1.82) is 0 Å².